The molecular weight excluding hydrogens is 138 g/mol. The van der Waals surface area contributed by atoms with E-state index >= 15 is 0 Å². The fourth-order valence-corrected chi connectivity index (χ4v) is 1.05. The normalized spacial score (nSPS) is 10.1. The number of hydrogen-bond acceptors (Lipinski definition) is 3. The molecule has 0 saturated carbocycles. The molecule has 1 aromatic rings. The summed E-state index contributed by atoms with van der Waals surface area (Å²) < 4.78 is 0. The molecule has 1 aromatic heterocycles. The van der Waals surface area contributed by atoms with Crippen LogP contribution < -0.4 is 5.73 Å². The maximum atomic E-state index is 5.65. The molecule has 0 fully saturated rings. The van der Waals surface area contributed by atoms with Crippen LogP contribution in [0.4, 0.5) is 5.82 Å². The topological polar surface area (TPSA) is 51.8 Å². The maximum Gasteiger partial charge on any atom is 0.130 e. The van der Waals surface area contributed by atoms with Gasteiger partial charge in [-0.1, -0.05) is 6.92 Å². The van der Waals surface area contributed by atoms with Gasteiger partial charge in [0.25, 0.3) is 0 Å². The Morgan fingerprint density at radius 1 is 1.27 bits per heavy atom. The quantitative estimate of drug-likeness (QED) is 0.657. The summed E-state index contributed by atoms with van der Waals surface area (Å²) >= 11 is 0. The molecule has 0 bridgehead atoms. The molecule has 0 atom stereocenters. The average molecular weight is 151 g/mol. The van der Waals surface area contributed by atoms with Gasteiger partial charge in [-0.05, 0) is 20.3 Å². The lowest BCUT2D eigenvalue weighted by molar-refractivity contribution is 0.933. The van der Waals surface area contributed by atoms with Gasteiger partial charge in [0.05, 0.1) is 0 Å². The third-order valence-corrected chi connectivity index (χ3v) is 1.73. The molecule has 1 rings (SSSR count). The van der Waals surface area contributed by atoms with Crippen molar-refractivity contribution in [3.05, 3.63) is 17.1 Å². The molecule has 3 heteroatoms. The average Bonchev–Trinajstić information content (AvgIpc) is 1.96. The smallest absolute Gasteiger partial charge is 0.130 e. The van der Waals surface area contributed by atoms with Gasteiger partial charge in [-0.15, -0.1) is 0 Å². The minimum absolute atomic E-state index is 0.606. The number of nitrogens with two attached hydrogens (primary N) is 1. The largest absolute Gasteiger partial charge is 0.383 e. The van der Waals surface area contributed by atoms with E-state index in [-0.39, 0.29) is 0 Å². The first-order valence-electron chi connectivity index (χ1n) is 3.74. The summed E-state index contributed by atoms with van der Waals surface area (Å²) in [6.45, 7) is 5.87. The zero-order chi connectivity index (χ0) is 8.43. The lowest BCUT2D eigenvalue weighted by atomic mass is 10.2. The van der Waals surface area contributed by atoms with Crippen LogP contribution in [0.1, 0.15) is 24.0 Å². The van der Waals surface area contributed by atoms with E-state index in [0.29, 0.717) is 5.82 Å². The number of hydrogen-bond donors (Lipinski definition) is 1. The van der Waals surface area contributed by atoms with Crippen LogP contribution in [0.5, 0.6) is 0 Å². The SMILES string of the molecule is CCc1nc(C)nc(N)c1C. The van der Waals surface area contributed by atoms with E-state index in [1.807, 2.05) is 13.8 Å². The summed E-state index contributed by atoms with van der Waals surface area (Å²) in [5, 5.41) is 0. The van der Waals surface area contributed by atoms with E-state index in [4.69, 9.17) is 5.73 Å². The molecule has 60 valence electrons. The van der Waals surface area contributed by atoms with Crippen molar-refractivity contribution in [1.29, 1.82) is 0 Å². The Balaban J connectivity index is 3.24. The van der Waals surface area contributed by atoms with Gasteiger partial charge in [-0.25, -0.2) is 9.97 Å². The number of anilines is 1. The Bertz CT molecular complexity index is 268. The predicted molar refractivity (Wildman–Crippen MR) is 45.3 cm³/mol. The number of nitrogens with zero attached hydrogens (tertiary/aromatic N) is 2. The molecule has 0 aliphatic rings. The monoisotopic (exact) mass is 151 g/mol. The third-order valence-electron chi connectivity index (χ3n) is 1.73. The van der Waals surface area contributed by atoms with E-state index in [1.54, 1.807) is 0 Å². The first kappa shape index (κ1) is 7.98. The number of aromatic nitrogens is 2. The highest BCUT2D eigenvalue weighted by molar-refractivity contribution is 5.40. The molecule has 2 N–H and O–H groups in total. The second-order valence-corrected chi connectivity index (χ2v) is 2.58. The van der Waals surface area contributed by atoms with E-state index in [9.17, 15) is 0 Å². The van der Waals surface area contributed by atoms with Crippen LogP contribution in [0, 0.1) is 13.8 Å². The highest BCUT2D eigenvalue weighted by atomic mass is 14.9. The van der Waals surface area contributed by atoms with Gasteiger partial charge in [0.15, 0.2) is 0 Å². The van der Waals surface area contributed by atoms with Crippen LogP contribution in [-0.2, 0) is 6.42 Å². The van der Waals surface area contributed by atoms with Gasteiger partial charge in [-0.3, -0.25) is 0 Å². The Morgan fingerprint density at radius 3 is 2.45 bits per heavy atom. The Morgan fingerprint density at radius 2 is 1.91 bits per heavy atom. The van der Waals surface area contributed by atoms with Crippen LogP contribution in [-0.4, -0.2) is 9.97 Å². The molecule has 0 aromatic carbocycles. The zero-order valence-corrected chi connectivity index (χ0v) is 7.18. The summed E-state index contributed by atoms with van der Waals surface area (Å²) in [6, 6.07) is 0. The van der Waals surface area contributed by atoms with Crippen LogP contribution in [0.3, 0.4) is 0 Å². The lowest BCUT2D eigenvalue weighted by Gasteiger charge is -2.04. The summed E-state index contributed by atoms with van der Waals surface area (Å²) in [5.41, 5.74) is 7.71. The molecule has 0 aliphatic carbocycles. The maximum absolute atomic E-state index is 5.65. The van der Waals surface area contributed by atoms with Crippen molar-refractivity contribution in [2.75, 3.05) is 5.73 Å². The highest BCUT2D eigenvalue weighted by Crippen LogP contribution is 2.11. The van der Waals surface area contributed by atoms with Crippen LogP contribution in [0.15, 0.2) is 0 Å². The molecule has 0 saturated heterocycles. The number of rotatable bonds is 1. The fourth-order valence-electron chi connectivity index (χ4n) is 1.05. The first-order valence-corrected chi connectivity index (χ1v) is 3.74. The van der Waals surface area contributed by atoms with Gasteiger partial charge >= 0.3 is 0 Å². The minimum atomic E-state index is 0.606. The molecule has 1 heterocycles. The van der Waals surface area contributed by atoms with Gasteiger partial charge in [0, 0.05) is 11.3 Å². The molecule has 0 spiro atoms. The predicted octanol–water partition coefficient (Wildman–Crippen LogP) is 1.24. The molecule has 0 amide bonds. The van der Waals surface area contributed by atoms with Crippen molar-refractivity contribution in [2.45, 2.75) is 27.2 Å². The second-order valence-electron chi connectivity index (χ2n) is 2.58. The highest BCUT2D eigenvalue weighted by Gasteiger charge is 2.03. The van der Waals surface area contributed by atoms with Gasteiger partial charge in [0.2, 0.25) is 0 Å². The van der Waals surface area contributed by atoms with Crippen molar-refractivity contribution in [3.8, 4) is 0 Å². The molecule has 11 heavy (non-hydrogen) atoms. The first-order chi connectivity index (χ1) is 5.15. The van der Waals surface area contributed by atoms with Crippen molar-refractivity contribution in [2.24, 2.45) is 0 Å². The summed E-state index contributed by atoms with van der Waals surface area (Å²) in [5.74, 6) is 1.36. The fraction of sp³-hybridized carbons (Fsp3) is 0.500. The number of aryl methyl sites for hydroxylation is 2. The van der Waals surface area contributed by atoms with Gasteiger partial charge in [0.1, 0.15) is 11.6 Å². The second kappa shape index (κ2) is 2.86. The molecule has 0 radical (unpaired) electrons. The van der Waals surface area contributed by atoms with Crippen molar-refractivity contribution >= 4 is 5.82 Å². The van der Waals surface area contributed by atoms with Crippen LogP contribution in [0.25, 0.3) is 0 Å². The molecular formula is C8H13N3. The summed E-state index contributed by atoms with van der Waals surface area (Å²) in [7, 11) is 0. The van der Waals surface area contributed by atoms with E-state index in [1.165, 1.54) is 0 Å². The van der Waals surface area contributed by atoms with Crippen molar-refractivity contribution in [1.82, 2.24) is 9.97 Å². The molecule has 0 unspecified atom stereocenters. The lowest BCUT2D eigenvalue weighted by Crippen LogP contribution is -2.03. The van der Waals surface area contributed by atoms with E-state index in [0.717, 1.165) is 23.5 Å². The Hall–Kier alpha value is -1.12. The van der Waals surface area contributed by atoms with Gasteiger partial charge < -0.3 is 5.73 Å². The molecule has 0 aliphatic heterocycles. The summed E-state index contributed by atoms with van der Waals surface area (Å²) in [6.07, 6.45) is 0.916. The number of nitrogen functional groups attached to an aromatic ring is 1. The van der Waals surface area contributed by atoms with E-state index < -0.39 is 0 Å². The van der Waals surface area contributed by atoms with Crippen molar-refractivity contribution in [3.63, 3.8) is 0 Å². The van der Waals surface area contributed by atoms with Crippen LogP contribution >= 0.6 is 0 Å². The van der Waals surface area contributed by atoms with Crippen LogP contribution in [0.2, 0.25) is 0 Å². The minimum Gasteiger partial charge on any atom is -0.383 e. The Kier molecular flexibility index (Phi) is 2.08. The Labute approximate surface area is 66.7 Å². The standard InChI is InChI=1S/C8H13N3/c1-4-7-5(2)8(9)11-6(3)10-7/h4H2,1-3H3,(H2,9,10,11). The zero-order valence-electron chi connectivity index (χ0n) is 7.18. The van der Waals surface area contributed by atoms with Gasteiger partial charge in [-0.2, -0.15) is 0 Å². The van der Waals surface area contributed by atoms with E-state index in [2.05, 4.69) is 16.9 Å². The summed E-state index contributed by atoms with van der Waals surface area (Å²) in [4.78, 5) is 8.31. The third kappa shape index (κ3) is 1.48. The van der Waals surface area contributed by atoms with Crippen molar-refractivity contribution < 1.29 is 0 Å². The molecule has 3 nitrogen and oxygen atoms in total.